The number of rotatable bonds is 34. The molecule has 2 N–H and O–H groups in total. The van der Waals surface area contributed by atoms with Gasteiger partial charge in [-0.15, -0.1) is 0 Å². The maximum atomic E-state index is 9.51. The molecule has 0 amide bonds. The average Bonchev–Trinajstić information content (AvgIpc) is 3.61. The van der Waals surface area contributed by atoms with Gasteiger partial charge in [0.25, 0.3) is 0 Å². The van der Waals surface area contributed by atoms with Gasteiger partial charge in [-0.25, -0.2) is 0 Å². The van der Waals surface area contributed by atoms with Gasteiger partial charge >= 0.3 is 0 Å². The Balaban J connectivity index is 1.05. The van der Waals surface area contributed by atoms with Crippen molar-refractivity contribution in [2.45, 2.75) is 214 Å². The third-order valence-corrected chi connectivity index (χ3v) is 16.2. The molecule has 0 aromatic carbocycles. The van der Waals surface area contributed by atoms with E-state index in [1.54, 1.807) is 5.57 Å². The Bertz CT molecular complexity index is 1230. The molecular weight excluding hydrogens is 755 g/mol. The van der Waals surface area contributed by atoms with Crippen LogP contribution < -0.4 is 5.32 Å². The zero-order valence-electron chi connectivity index (χ0n) is 41.1. The lowest BCUT2D eigenvalue weighted by molar-refractivity contribution is -0.0716. The van der Waals surface area contributed by atoms with E-state index >= 15 is 0 Å². The lowest BCUT2D eigenvalue weighted by Crippen LogP contribution is -2.51. The van der Waals surface area contributed by atoms with Crippen LogP contribution in [-0.4, -0.2) is 76.1 Å². The van der Waals surface area contributed by atoms with Gasteiger partial charge < -0.3 is 29.4 Å². The van der Waals surface area contributed by atoms with Gasteiger partial charge in [-0.3, -0.25) is 0 Å². The third-order valence-electron chi connectivity index (χ3n) is 16.2. The van der Waals surface area contributed by atoms with Gasteiger partial charge in [0.2, 0.25) is 0 Å². The maximum absolute atomic E-state index is 9.51. The highest BCUT2D eigenvalue weighted by Crippen LogP contribution is 2.67. The topological polar surface area (TPSA) is 69.2 Å². The summed E-state index contributed by atoms with van der Waals surface area (Å²) >= 11 is 0. The smallest absolute Gasteiger partial charge is 0.0933 e. The first-order valence-corrected chi connectivity index (χ1v) is 26.3. The number of unbranched alkanes of at least 4 members (excludes halogenated alkanes) is 9. The molecule has 0 aliphatic heterocycles. The molecule has 0 aromatic rings. The van der Waals surface area contributed by atoms with Crippen molar-refractivity contribution in [1.29, 1.82) is 0 Å². The molecule has 4 aliphatic carbocycles. The minimum absolute atomic E-state index is 0.0344. The number of allylic oxidation sites excluding steroid dienone is 5. The average molecular weight is 854 g/mol. The minimum atomic E-state index is -0.0607. The standard InChI is InChI=1S/C55H99NO5/c1-8-9-10-11-12-13-14-15-16-17-18-19-20-21-22-23-35-59-43-49(41-56-46(5)42-57)61-39-37-58-36-38-60-48-31-33-54(6)47(40-48)27-28-50-52-30-29-51(45(4)26-24-25-44(2)3)55(52,7)34-32-53(50)54/h12-13,15-16,27,44-46,48-53,56-57H,8-11,14,17-26,28-43H2,1-7H3/b13-12-,16-15-/t45?,46-,48-,49?,50?,51+,52-,53-,54?,55+/m0/s1. The first-order chi connectivity index (χ1) is 29.6. The Hall–Kier alpha value is -1.02. The molecule has 6 heteroatoms. The number of fused-ring (bicyclic) bond motifs is 5. The molecule has 0 spiro atoms. The molecule has 10 atom stereocenters. The quantitative estimate of drug-likeness (QED) is 0.0496. The second kappa shape index (κ2) is 29.5. The molecular formula is C55H99NO5. The van der Waals surface area contributed by atoms with Crippen molar-refractivity contribution in [3.8, 4) is 0 Å². The van der Waals surface area contributed by atoms with Gasteiger partial charge in [-0.2, -0.15) is 0 Å². The molecule has 6 nitrogen and oxygen atoms in total. The first-order valence-electron chi connectivity index (χ1n) is 26.3. The van der Waals surface area contributed by atoms with E-state index in [9.17, 15) is 5.11 Å². The van der Waals surface area contributed by atoms with Crippen LogP contribution in [0.3, 0.4) is 0 Å². The predicted molar refractivity (Wildman–Crippen MR) is 258 cm³/mol. The van der Waals surface area contributed by atoms with E-state index < -0.39 is 0 Å². The van der Waals surface area contributed by atoms with Crippen LogP contribution in [0.4, 0.5) is 0 Å². The normalized spacial score (nSPS) is 29.2. The molecule has 354 valence electrons. The van der Waals surface area contributed by atoms with E-state index in [-0.39, 0.29) is 18.8 Å². The molecule has 0 heterocycles. The Morgan fingerprint density at radius 2 is 1.49 bits per heavy atom. The zero-order chi connectivity index (χ0) is 43.8. The van der Waals surface area contributed by atoms with E-state index in [4.69, 9.17) is 18.9 Å². The van der Waals surface area contributed by atoms with Crippen molar-refractivity contribution in [1.82, 2.24) is 5.32 Å². The largest absolute Gasteiger partial charge is 0.395 e. The van der Waals surface area contributed by atoms with Crippen molar-refractivity contribution < 1.29 is 24.1 Å². The summed E-state index contributed by atoms with van der Waals surface area (Å²) in [5.74, 6) is 5.30. The second-order valence-electron chi connectivity index (χ2n) is 21.3. The summed E-state index contributed by atoms with van der Waals surface area (Å²) in [7, 11) is 0. The number of ether oxygens (including phenoxy) is 4. The fraction of sp³-hybridized carbons (Fsp3) is 0.891. The second-order valence-corrected chi connectivity index (χ2v) is 21.3. The molecule has 3 saturated carbocycles. The van der Waals surface area contributed by atoms with Crippen LogP contribution in [0.25, 0.3) is 0 Å². The van der Waals surface area contributed by atoms with Crippen LogP contribution in [0.1, 0.15) is 196 Å². The molecule has 4 rings (SSSR count). The Kier molecular flexibility index (Phi) is 25.4. The van der Waals surface area contributed by atoms with E-state index in [0.29, 0.717) is 56.5 Å². The van der Waals surface area contributed by atoms with Crippen LogP contribution >= 0.6 is 0 Å². The summed E-state index contributed by atoms with van der Waals surface area (Å²) in [6.45, 7) is 21.4. The molecule has 4 unspecified atom stereocenters. The summed E-state index contributed by atoms with van der Waals surface area (Å²) < 4.78 is 24.7. The molecule has 0 radical (unpaired) electrons. The van der Waals surface area contributed by atoms with Gasteiger partial charge in [0.05, 0.1) is 51.8 Å². The molecule has 0 saturated heterocycles. The van der Waals surface area contributed by atoms with E-state index in [1.165, 1.54) is 128 Å². The Labute approximate surface area is 377 Å². The minimum Gasteiger partial charge on any atom is -0.395 e. The van der Waals surface area contributed by atoms with Gasteiger partial charge in [0.15, 0.2) is 0 Å². The molecule has 0 bridgehead atoms. The number of nitrogens with one attached hydrogen (secondary N) is 1. The van der Waals surface area contributed by atoms with Crippen LogP contribution in [0.5, 0.6) is 0 Å². The molecule has 61 heavy (non-hydrogen) atoms. The Morgan fingerprint density at radius 3 is 2.25 bits per heavy atom. The van der Waals surface area contributed by atoms with Crippen molar-refractivity contribution >= 4 is 0 Å². The first kappa shape index (κ1) is 52.6. The van der Waals surface area contributed by atoms with Crippen molar-refractivity contribution in [3.63, 3.8) is 0 Å². The number of aliphatic hydroxyl groups is 1. The SMILES string of the molecule is CCCCC/C=C\C/C=C\CCCCCCCCOCC(CN[C@@H](C)CO)OCCOCCO[C@H]1CCC2(C)C(=CCC3[C@@H]2CC[C@]2(C)[C@@H](C(C)CCCC(C)C)CC[C@@H]32)C1. The van der Waals surface area contributed by atoms with E-state index in [0.717, 1.165) is 61.4 Å². The monoisotopic (exact) mass is 854 g/mol. The van der Waals surface area contributed by atoms with E-state index in [2.05, 4.69) is 77.2 Å². The summed E-state index contributed by atoms with van der Waals surface area (Å²) in [4.78, 5) is 0. The number of hydrogen-bond donors (Lipinski definition) is 2. The third kappa shape index (κ3) is 17.7. The summed E-state index contributed by atoms with van der Waals surface area (Å²) in [5, 5.41) is 12.9. The van der Waals surface area contributed by atoms with Gasteiger partial charge in [0.1, 0.15) is 0 Å². The Morgan fingerprint density at radius 1 is 0.754 bits per heavy atom. The summed E-state index contributed by atoms with van der Waals surface area (Å²) in [5.41, 5.74) is 2.63. The zero-order valence-corrected chi connectivity index (χ0v) is 41.1. The highest BCUT2D eigenvalue weighted by Gasteiger charge is 2.59. The van der Waals surface area contributed by atoms with Crippen LogP contribution in [0.2, 0.25) is 0 Å². The molecule has 3 fully saturated rings. The predicted octanol–water partition coefficient (Wildman–Crippen LogP) is 13.6. The van der Waals surface area contributed by atoms with Crippen molar-refractivity contribution in [3.05, 3.63) is 36.0 Å². The lowest BCUT2D eigenvalue weighted by Gasteiger charge is -2.58. The van der Waals surface area contributed by atoms with Crippen molar-refractivity contribution in [2.75, 3.05) is 52.8 Å². The lowest BCUT2D eigenvalue weighted by atomic mass is 9.47. The van der Waals surface area contributed by atoms with Gasteiger partial charge in [0, 0.05) is 19.2 Å². The van der Waals surface area contributed by atoms with Crippen LogP contribution in [-0.2, 0) is 18.9 Å². The fourth-order valence-corrected chi connectivity index (χ4v) is 12.4. The highest BCUT2D eigenvalue weighted by atomic mass is 16.6. The molecule has 4 aliphatic rings. The van der Waals surface area contributed by atoms with Gasteiger partial charge in [-0.05, 0) is 143 Å². The van der Waals surface area contributed by atoms with Crippen LogP contribution in [0, 0.1) is 46.3 Å². The highest BCUT2D eigenvalue weighted by molar-refractivity contribution is 5.25. The van der Waals surface area contributed by atoms with Crippen LogP contribution in [0.15, 0.2) is 36.0 Å². The van der Waals surface area contributed by atoms with Gasteiger partial charge in [-0.1, -0.05) is 135 Å². The number of aliphatic hydroxyl groups excluding tert-OH is 1. The van der Waals surface area contributed by atoms with Crippen molar-refractivity contribution in [2.24, 2.45) is 46.3 Å². The van der Waals surface area contributed by atoms with E-state index in [1.807, 2.05) is 6.92 Å². The fourth-order valence-electron chi connectivity index (χ4n) is 12.4. The summed E-state index contributed by atoms with van der Waals surface area (Å²) in [6, 6.07) is 0.0344. The maximum Gasteiger partial charge on any atom is 0.0933 e. The molecule has 0 aromatic heterocycles. The summed E-state index contributed by atoms with van der Waals surface area (Å²) in [6.07, 6.45) is 42.2. The number of hydrogen-bond acceptors (Lipinski definition) is 6.